The molecule has 3 atom stereocenters. The van der Waals surface area contributed by atoms with Crippen molar-refractivity contribution in [1.29, 1.82) is 0 Å². The number of carbonyl (C=O) groups excluding carboxylic acids is 1. The van der Waals surface area contributed by atoms with E-state index < -0.39 is 5.60 Å². The first-order valence-electron chi connectivity index (χ1n) is 8.07. The largest absolute Gasteiger partial charge is 0.444 e. The molecule has 4 heteroatoms. The summed E-state index contributed by atoms with van der Waals surface area (Å²) in [6, 6.07) is 1.85. The number of piperidine rings is 1. The Kier molecular flexibility index (Phi) is 4.62. The molecule has 2 heterocycles. The summed E-state index contributed by atoms with van der Waals surface area (Å²) in [5.74, 6) is 0. The lowest BCUT2D eigenvalue weighted by Gasteiger charge is -2.40. The number of hydrogen-bond acceptors (Lipinski definition) is 3. The van der Waals surface area contributed by atoms with E-state index in [0.29, 0.717) is 24.2 Å². The van der Waals surface area contributed by atoms with Gasteiger partial charge in [0.2, 0.25) is 0 Å². The van der Waals surface area contributed by atoms with E-state index in [1.807, 2.05) is 25.7 Å². The Balaban J connectivity index is 1.95. The van der Waals surface area contributed by atoms with Crippen molar-refractivity contribution >= 4 is 6.09 Å². The van der Waals surface area contributed by atoms with Crippen LogP contribution in [0.1, 0.15) is 66.7 Å². The van der Waals surface area contributed by atoms with E-state index in [1.54, 1.807) is 0 Å². The average molecular weight is 282 g/mol. The Morgan fingerprint density at radius 1 is 1.30 bits per heavy atom. The molecule has 0 aromatic heterocycles. The minimum atomic E-state index is -0.400. The highest BCUT2D eigenvalue weighted by Crippen LogP contribution is 2.37. The topological polar surface area (TPSA) is 41.6 Å². The lowest BCUT2D eigenvalue weighted by atomic mass is 9.97. The van der Waals surface area contributed by atoms with Gasteiger partial charge in [-0.05, 0) is 59.8 Å². The maximum absolute atomic E-state index is 12.3. The van der Waals surface area contributed by atoms with Crippen LogP contribution in [0.4, 0.5) is 4.79 Å². The van der Waals surface area contributed by atoms with Gasteiger partial charge in [0.15, 0.2) is 0 Å². The fraction of sp³-hybridized carbons (Fsp3) is 0.938. The zero-order valence-corrected chi connectivity index (χ0v) is 13.6. The third-order valence-electron chi connectivity index (χ3n) is 4.47. The molecule has 3 unspecified atom stereocenters. The number of nitrogens with one attached hydrogen (secondary N) is 1. The Morgan fingerprint density at radius 3 is 2.30 bits per heavy atom. The molecule has 116 valence electrons. The van der Waals surface area contributed by atoms with Crippen molar-refractivity contribution < 1.29 is 9.53 Å². The van der Waals surface area contributed by atoms with Crippen molar-refractivity contribution in [2.24, 2.45) is 0 Å². The second-order valence-electron chi connectivity index (χ2n) is 7.42. The van der Waals surface area contributed by atoms with Gasteiger partial charge < -0.3 is 15.0 Å². The van der Waals surface area contributed by atoms with Crippen molar-refractivity contribution in [3.8, 4) is 0 Å². The van der Waals surface area contributed by atoms with Crippen LogP contribution in [0.2, 0.25) is 0 Å². The molecule has 2 aliphatic heterocycles. The minimum Gasteiger partial charge on any atom is -0.444 e. The van der Waals surface area contributed by atoms with Crippen molar-refractivity contribution in [3.05, 3.63) is 0 Å². The van der Waals surface area contributed by atoms with Crippen LogP contribution in [0.25, 0.3) is 0 Å². The Hall–Kier alpha value is -0.770. The Morgan fingerprint density at radius 2 is 1.85 bits per heavy atom. The van der Waals surface area contributed by atoms with Crippen LogP contribution in [0.5, 0.6) is 0 Å². The Labute approximate surface area is 123 Å². The van der Waals surface area contributed by atoms with Gasteiger partial charge in [0.05, 0.1) is 0 Å². The lowest BCUT2D eigenvalue weighted by molar-refractivity contribution is 0.00435. The van der Waals surface area contributed by atoms with E-state index in [1.165, 1.54) is 0 Å². The summed E-state index contributed by atoms with van der Waals surface area (Å²) in [6.45, 7) is 10.3. The molecule has 2 bridgehead atoms. The number of hydrogen-bond donors (Lipinski definition) is 1. The van der Waals surface area contributed by atoms with Gasteiger partial charge in [-0.25, -0.2) is 4.79 Å². The molecular weight excluding hydrogens is 252 g/mol. The molecule has 20 heavy (non-hydrogen) atoms. The molecule has 0 aromatic carbocycles. The molecule has 0 radical (unpaired) electrons. The van der Waals surface area contributed by atoms with Crippen LogP contribution >= 0.6 is 0 Å². The lowest BCUT2D eigenvalue weighted by Crippen LogP contribution is -2.53. The third kappa shape index (κ3) is 3.66. The molecule has 2 saturated heterocycles. The smallest absolute Gasteiger partial charge is 0.410 e. The number of carbonyl (C=O) groups is 1. The van der Waals surface area contributed by atoms with Gasteiger partial charge in [-0.15, -0.1) is 0 Å². The molecule has 0 aromatic rings. The highest BCUT2D eigenvalue weighted by molar-refractivity contribution is 5.69. The predicted octanol–water partition coefficient (Wildman–Crippen LogP) is 3.31. The molecule has 2 rings (SSSR count). The Bertz CT molecular complexity index is 337. The highest BCUT2D eigenvalue weighted by Gasteiger charge is 2.44. The summed E-state index contributed by atoms with van der Waals surface area (Å²) in [4.78, 5) is 14.4. The molecule has 2 aliphatic rings. The van der Waals surface area contributed by atoms with E-state index >= 15 is 0 Å². The molecule has 4 nitrogen and oxygen atoms in total. The fourth-order valence-corrected chi connectivity index (χ4v) is 3.45. The number of nitrogens with zero attached hydrogens (tertiary/aromatic N) is 1. The summed E-state index contributed by atoms with van der Waals surface area (Å²) in [5.41, 5.74) is -0.400. The van der Waals surface area contributed by atoms with E-state index in [4.69, 9.17) is 4.74 Å². The first-order valence-corrected chi connectivity index (χ1v) is 8.07. The maximum Gasteiger partial charge on any atom is 0.410 e. The summed E-state index contributed by atoms with van der Waals surface area (Å²) in [6.07, 6.45) is 5.43. The molecule has 0 spiro atoms. The van der Waals surface area contributed by atoms with E-state index in [0.717, 1.165) is 32.1 Å². The zero-order valence-electron chi connectivity index (χ0n) is 13.6. The van der Waals surface area contributed by atoms with Gasteiger partial charge in [0, 0.05) is 24.2 Å². The van der Waals surface area contributed by atoms with Crippen molar-refractivity contribution in [2.45, 2.75) is 96.5 Å². The number of amides is 1. The monoisotopic (exact) mass is 282 g/mol. The standard InChI is InChI=1S/C16H30N2O2/c1-6-11(2)17-12-9-13-7-8-14(10-12)18(13)15(19)20-16(3,4)5/h11-14,17H,6-10H2,1-5H3. The molecular formula is C16H30N2O2. The fourth-order valence-electron chi connectivity index (χ4n) is 3.45. The van der Waals surface area contributed by atoms with Gasteiger partial charge in [-0.1, -0.05) is 6.92 Å². The second-order valence-corrected chi connectivity index (χ2v) is 7.42. The van der Waals surface area contributed by atoms with Crippen molar-refractivity contribution in [3.63, 3.8) is 0 Å². The van der Waals surface area contributed by atoms with Crippen molar-refractivity contribution in [1.82, 2.24) is 10.2 Å². The summed E-state index contributed by atoms with van der Waals surface area (Å²) in [7, 11) is 0. The van der Waals surface area contributed by atoms with E-state index in [2.05, 4.69) is 19.2 Å². The quantitative estimate of drug-likeness (QED) is 0.863. The van der Waals surface area contributed by atoms with Crippen LogP contribution in [0.3, 0.4) is 0 Å². The second kappa shape index (κ2) is 5.92. The summed E-state index contributed by atoms with van der Waals surface area (Å²) < 4.78 is 5.56. The molecule has 0 aliphatic carbocycles. The van der Waals surface area contributed by atoms with Crippen LogP contribution < -0.4 is 5.32 Å². The minimum absolute atomic E-state index is 0.119. The SMILES string of the molecule is CCC(C)NC1CC2CCC(C1)N2C(=O)OC(C)(C)C. The third-order valence-corrected chi connectivity index (χ3v) is 4.47. The van der Waals surface area contributed by atoms with Crippen LogP contribution in [0.15, 0.2) is 0 Å². The predicted molar refractivity (Wildman–Crippen MR) is 80.8 cm³/mol. The number of fused-ring (bicyclic) bond motifs is 2. The normalized spacial score (nSPS) is 31.2. The average Bonchev–Trinajstić information content (AvgIpc) is 2.59. The number of ether oxygens (including phenoxy) is 1. The van der Waals surface area contributed by atoms with Crippen LogP contribution in [-0.2, 0) is 4.74 Å². The maximum atomic E-state index is 12.3. The van der Waals surface area contributed by atoms with Gasteiger partial charge in [-0.3, -0.25) is 0 Å². The molecule has 2 fully saturated rings. The first-order chi connectivity index (χ1) is 9.30. The number of rotatable bonds is 3. The van der Waals surface area contributed by atoms with E-state index in [9.17, 15) is 4.79 Å². The van der Waals surface area contributed by atoms with Gasteiger partial charge in [0.1, 0.15) is 5.60 Å². The highest BCUT2D eigenvalue weighted by atomic mass is 16.6. The van der Waals surface area contributed by atoms with Crippen molar-refractivity contribution in [2.75, 3.05) is 0 Å². The van der Waals surface area contributed by atoms with Crippen LogP contribution in [0, 0.1) is 0 Å². The molecule has 1 N–H and O–H groups in total. The summed E-state index contributed by atoms with van der Waals surface area (Å²) >= 11 is 0. The van der Waals surface area contributed by atoms with Gasteiger partial charge in [0.25, 0.3) is 0 Å². The molecule has 0 saturated carbocycles. The summed E-state index contributed by atoms with van der Waals surface area (Å²) in [5, 5.41) is 3.70. The van der Waals surface area contributed by atoms with Gasteiger partial charge >= 0.3 is 6.09 Å². The van der Waals surface area contributed by atoms with E-state index in [-0.39, 0.29) is 6.09 Å². The first kappa shape index (κ1) is 15.6. The van der Waals surface area contributed by atoms with Gasteiger partial charge in [-0.2, -0.15) is 0 Å². The van der Waals surface area contributed by atoms with Crippen LogP contribution in [-0.4, -0.2) is 40.8 Å². The molecule has 1 amide bonds. The zero-order chi connectivity index (χ0) is 14.9.